The standard InChI is InChI=1S/C9H9FO3S/c1-14(12,13)6-9(11)7-4-2-3-5-8(7)10/h2-6,11H,1H3/b9-6-. The number of aliphatic hydroxyl groups excluding tert-OH is 1. The van der Waals surface area contributed by atoms with Gasteiger partial charge in [-0.1, -0.05) is 12.1 Å². The van der Waals surface area contributed by atoms with Crippen LogP contribution in [0.4, 0.5) is 4.39 Å². The minimum Gasteiger partial charge on any atom is -0.506 e. The molecule has 0 amide bonds. The SMILES string of the molecule is CS(=O)(=O)/C=C(\O)c1ccccc1F. The van der Waals surface area contributed by atoms with E-state index in [0.717, 1.165) is 12.3 Å². The molecule has 0 radical (unpaired) electrons. The fourth-order valence-corrected chi connectivity index (χ4v) is 1.47. The molecule has 0 aromatic heterocycles. The van der Waals surface area contributed by atoms with Crippen LogP contribution in [0.3, 0.4) is 0 Å². The summed E-state index contributed by atoms with van der Waals surface area (Å²) in [5, 5.41) is 9.90. The molecule has 1 N–H and O–H groups in total. The molecular weight excluding hydrogens is 207 g/mol. The first-order valence-corrected chi connectivity index (χ1v) is 5.71. The molecule has 0 saturated heterocycles. The van der Waals surface area contributed by atoms with Crippen molar-refractivity contribution in [3.63, 3.8) is 0 Å². The van der Waals surface area contributed by atoms with E-state index in [1.807, 2.05) is 0 Å². The van der Waals surface area contributed by atoms with Crippen LogP contribution in [-0.2, 0) is 9.84 Å². The molecule has 0 aliphatic carbocycles. The molecular formula is C9H9FO3S. The van der Waals surface area contributed by atoms with Gasteiger partial charge in [0.2, 0.25) is 0 Å². The first-order chi connectivity index (χ1) is 6.40. The van der Waals surface area contributed by atoms with Crippen molar-refractivity contribution in [2.75, 3.05) is 6.26 Å². The normalized spacial score (nSPS) is 12.9. The maximum atomic E-state index is 13.0. The van der Waals surface area contributed by atoms with Crippen LogP contribution in [0.5, 0.6) is 0 Å². The van der Waals surface area contributed by atoms with Crippen LogP contribution < -0.4 is 0 Å². The van der Waals surface area contributed by atoms with Gasteiger partial charge in [0.05, 0.1) is 11.0 Å². The average Bonchev–Trinajstić information content (AvgIpc) is 2.01. The van der Waals surface area contributed by atoms with E-state index >= 15 is 0 Å². The van der Waals surface area contributed by atoms with Gasteiger partial charge in [0, 0.05) is 6.26 Å². The second-order valence-corrected chi connectivity index (χ2v) is 4.71. The number of hydrogen-bond acceptors (Lipinski definition) is 3. The number of hydrogen-bond donors (Lipinski definition) is 1. The summed E-state index contributed by atoms with van der Waals surface area (Å²) in [6.45, 7) is 0. The number of benzene rings is 1. The van der Waals surface area contributed by atoms with Crippen LogP contribution in [0.15, 0.2) is 29.7 Å². The van der Waals surface area contributed by atoms with Crippen LogP contribution in [0.1, 0.15) is 5.56 Å². The predicted molar refractivity (Wildman–Crippen MR) is 51.8 cm³/mol. The monoisotopic (exact) mass is 216 g/mol. The summed E-state index contributed by atoms with van der Waals surface area (Å²) in [5.41, 5.74) is -0.127. The topological polar surface area (TPSA) is 54.4 Å². The second-order valence-electron chi connectivity index (χ2n) is 2.81. The second kappa shape index (κ2) is 3.79. The Morgan fingerprint density at radius 1 is 1.43 bits per heavy atom. The Balaban J connectivity index is 3.20. The third-order valence-electron chi connectivity index (χ3n) is 1.48. The quantitative estimate of drug-likeness (QED) is 0.766. The van der Waals surface area contributed by atoms with E-state index in [-0.39, 0.29) is 5.56 Å². The highest BCUT2D eigenvalue weighted by Crippen LogP contribution is 2.15. The summed E-state index contributed by atoms with van der Waals surface area (Å²) in [5.74, 6) is -1.25. The third-order valence-corrected chi connectivity index (χ3v) is 2.13. The van der Waals surface area contributed by atoms with E-state index in [0.29, 0.717) is 5.41 Å². The molecule has 76 valence electrons. The molecule has 1 aromatic rings. The minimum absolute atomic E-state index is 0.127. The highest BCUT2D eigenvalue weighted by molar-refractivity contribution is 7.93. The molecule has 0 unspecified atom stereocenters. The van der Waals surface area contributed by atoms with Crippen molar-refractivity contribution >= 4 is 15.6 Å². The Kier molecular flexibility index (Phi) is 2.90. The lowest BCUT2D eigenvalue weighted by Crippen LogP contribution is -1.94. The van der Waals surface area contributed by atoms with Gasteiger partial charge >= 0.3 is 0 Å². The van der Waals surface area contributed by atoms with Crippen molar-refractivity contribution in [1.29, 1.82) is 0 Å². The molecule has 0 fully saturated rings. The lowest BCUT2D eigenvalue weighted by atomic mass is 10.2. The van der Waals surface area contributed by atoms with Gasteiger partial charge in [-0.3, -0.25) is 0 Å². The Morgan fingerprint density at radius 3 is 2.50 bits per heavy atom. The zero-order valence-electron chi connectivity index (χ0n) is 7.44. The summed E-state index contributed by atoms with van der Waals surface area (Å²) < 4.78 is 34.6. The predicted octanol–water partition coefficient (Wildman–Crippen LogP) is 1.73. The van der Waals surface area contributed by atoms with Gasteiger partial charge in [-0.2, -0.15) is 0 Å². The summed E-state index contributed by atoms with van der Waals surface area (Å²) in [4.78, 5) is 0. The fraction of sp³-hybridized carbons (Fsp3) is 0.111. The van der Waals surface area contributed by atoms with Gasteiger partial charge in [-0.15, -0.1) is 0 Å². The molecule has 0 bridgehead atoms. The Bertz CT molecular complexity index is 463. The van der Waals surface area contributed by atoms with E-state index in [1.165, 1.54) is 18.2 Å². The van der Waals surface area contributed by atoms with Crippen molar-refractivity contribution in [2.45, 2.75) is 0 Å². The van der Waals surface area contributed by atoms with Gasteiger partial charge in [0.15, 0.2) is 9.84 Å². The summed E-state index contributed by atoms with van der Waals surface area (Å²) >= 11 is 0. The first-order valence-electron chi connectivity index (χ1n) is 3.76. The Morgan fingerprint density at radius 2 is 2.00 bits per heavy atom. The summed E-state index contributed by atoms with van der Waals surface area (Å²) in [6.07, 6.45) is 0.921. The molecule has 3 nitrogen and oxygen atoms in total. The molecule has 1 rings (SSSR count). The molecule has 0 aliphatic heterocycles. The molecule has 0 heterocycles. The zero-order valence-corrected chi connectivity index (χ0v) is 8.25. The zero-order chi connectivity index (χ0) is 10.8. The lowest BCUT2D eigenvalue weighted by molar-refractivity contribution is 0.502. The highest BCUT2D eigenvalue weighted by atomic mass is 32.2. The fourth-order valence-electron chi connectivity index (χ4n) is 0.935. The van der Waals surface area contributed by atoms with E-state index in [9.17, 15) is 17.9 Å². The Hall–Kier alpha value is -1.36. The van der Waals surface area contributed by atoms with Crippen molar-refractivity contribution < 1.29 is 17.9 Å². The van der Waals surface area contributed by atoms with Gasteiger partial charge < -0.3 is 5.11 Å². The van der Waals surface area contributed by atoms with Crippen LogP contribution in [0.2, 0.25) is 0 Å². The number of sulfone groups is 1. The van der Waals surface area contributed by atoms with Gasteiger partial charge in [-0.25, -0.2) is 12.8 Å². The van der Waals surface area contributed by atoms with E-state index in [4.69, 9.17) is 0 Å². The summed E-state index contributed by atoms with van der Waals surface area (Å²) in [7, 11) is -3.47. The molecule has 14 heavy (non-hydrogen) atoms. The molecule has 0 saturated carbocycles. The van der Waals surface area contributed by atoms with Crippen LogP contribution in [-0.4, -0.2) is 19.8 Å². The number of halogens is 1. The highest BCUT2D eigenvalue weighted by Gasteiger charge is 2.08. The molecule has 0 aliphatic rings. The number of aliphatic hydroxyl groups is 1. The smallest absolute Gasteiger partial charge is 0.172 e. The molecule has 0 atom stereocenters. The third kappa shape index (κ3) is 2.85. The maximum Gasteiger partial charge on any atom is 0.172 e. The molecule has 0 spiro atoms. The van der Waals surface area contributed by atoms with Crippen molar-refractivity contribution in [1.82, 2.24) is 0 Å². The molecule has 5 heteroatoms. The van der Waals surface area contributed by atoms with Gasteiger partial charge in [0.1, 0.15) is 11.6 Å². The first kappa shape index (κ1) is 10.7. The van der Waals surface area contributed by atoms with Crippen LogP contribution in [0, 0.1) is 5.82 Å². The summed E-state index contributed by atoms with van der Waals surface area (Å²) in [6, 6.07) is 5.39. The van der Waals surface area contributed by atoms with E-state index in [1.54, 1.807) is 0 Å². The van der Waals surface area contributed by atoms with Crippen molar-refractivity contribution in [2.24, 2.45) is 0 Å². The van der Waals surface area contributed by atoms with Crippen molar-refractivity contribution in [3.05, 3.63) is 41.1 Å². The molecule has 1 aromatic carbocycles. The van der Waals surface area contributed by atoms with Gasteiger partial charge in [-0.05, 0) is 12.1 Å². The van der Waals surface area contributed by atoms with E-state index < -0.39 is 21.4 Å². The largest absolute Gasteiger partial charge is 0.506 e. The Labute approximate surface area is 81.4 Å². The van der Waals surface area contributed by atoms with Crippen molar-refractivity contribution in [3.8, 4) is 0 Å². The average molecular weight is 216 g/mol. The minimum atomic E-state index is -3.47. The van der Waals surface area contributed by atoms with E-state index in [2.05, 4.69) is 0 Å². The van der Waals surface area contributed by atoms with Crippen LogP contribution >= 0.6 is 0 Å². The van der Waals surface area contributed by atoms with Crippen LogP contribution in [0.25, 0.3) is 5.76 Å². The van der Waals surface area contributed by atoms with Gasteiger partial charge in [0.25, 0.3) is 0 Å². The maximum absolute atomic E-state index is 13.0. The lowest BCUT2D eigenvalue weighted by Gasteiger charge is -2.00. The number of rotatable bonds is 2.